The van der Waals surface area contributed by atoms with Crippen molar-refractivity contribution in [1.82, 2.24) is 19.9 Å². The van der Waals surface area contributed by atoms with Crippen LogP contribution in [0.25, 0.3) is 0 Å². The van der Waals surface area contributed by atoms with Crippen LogP contribution in [0.1, 0.15) is 32.9 Å². The molecule has 2 atom stereocenters. The number of ketones is 1. The third-order valence-corrected chi connectivity index (χ3v) is 5.45. The van der Waals surface area contributed by atoms with Crippen molar-refractivity contribution in [3.8, 4) is 5.75 Å². The summed E-state index contributed by atoms with van der Waals surface area (Å²) in [5.74, 6) is 0.982. The van der Waals surface area contributed by atoms with E-state index in [1.54, 1.807) is 35.6 Å². The van der Waals surface area contributed by atoms with Gasteiger partial charge in [0.1, 0.15) is 0 Å². The molecule has 9 heteroatoms. The maximum absolute atomic E-state index is 13.1. The number of aromatic nitrogens is 3. The smallest absolute Gasteiger partial charge is 0.327 e. The monoisotopic (exact) mass is 431 g/mol. The molecule has 0 aliphatic carbocycles. The van der Waals surface area contributed by atoms with Crippen molar-refractivity contribution in [2.45, 2.75) is 39.7 Å². The van der Waals surface area contributed by atoms with E-state index in [4.69, 9.17) is 16.3 Å². The number of urea groups is 1. The van der Waals surface area contributed by atoms with Crippen LogP contribution in [0.2, 0.25) is 5.02 Å². The highest BCUT2D eigenvalue weighted by Gasteiger charge is 2.42. The van der Waals surface area contributed by atoms with Gasteiger partial charge in [-0.15, -0.1) is 0 Å². The van der Waals surface area contributed by atoms with Gasteiger partial charge < -0.3 is 9.64 Å². The zero-order valence-corrected chi connectivity index (χ0v) is 18.2. The summed E-state index contributed by atoms with van der Waals surface area (Å²) in [6.07, 6.45) is 5.68. The number of nitrogens with zero attached hydrogens (tertiary/aromatic N) is 5. The molecule has 1 fully saturated rings. The Kier molecular flexibility index (Phi) is 7.20. The van der Waals surface area contributed by atoms with Gasteiger partial charge in [0.2, 0.25) is 5.95 Å². The van der Waals surface area contributed by atoms with Crippen molar-refractivity contribution in [1.29, 1.82) is 0 Å². The van der Waals surface area contributed by atoms with Crippen LogP contribution in [0.3, 0.4) is 0 Å². The number of carbonyl (C=O) groups is 2. The second-order valence-corrected chi connectivity index (χ2v) is 7.74. The molecule has 1 aliphatic heterocycles. The summed E-state index contributed by atoms with van der Waals surface area (Å²) in [5, 5.41) is 0.529. The number of halogens is 1. The minimum Gasteiger partial charge on any atom is -0.491 e. The van der Waals surface area contributed by atoms with Gasteiger partial charge in [-0.25, -0.2) is 14.8 Å². The predicted octanol–water partition coefficient (Wildman–Crippen LogP) is 3.39. The molecule has 0 radical (unpaired) electrons. The maximum Gasteiger partial charge on any atom is 0.327 e. The van der Waals surface area contributed by atoms with Crippen LogP contribution < -0.4 is 9.64 Å². The first-order valence-corrected chi connectivity index (χ1v) is 10.5. The van der Waals surface area contributed by atoms with E-state index in [1.807, 2.05) is 6.92 Å². The standard InChI is InChI=1S/C21H26ClN5O3/c1-4-14(3)19-13-27(20-24-10-18(11-25-20)30-5-2)21(29)26(19)12-17(28)9-16-8-15(22)6-7-23-16/h6-8,10-11,14,19H,4-5,9,12-13H2,1-3H3/t14-,19+/m0/s1. The summed E-state index contributed by atoms with van der Waals surface area (Å²) in [4.78, 5) is 41.7. The molecule has 160 valence electrons. The lowest BCUT2D eigenvalue weighted by Gasteiger charge is -2.26. The molecule has 8 nitrogen and oxygen atoms in total. The van der Waals surface area contributed by atoms with Gasteiger partial charge in [-0.1, -0.05) is 31.9 Å². The molecular formula is C21H26ClN5O3. The molecule has 0 spiro atoms. The summed E-state index contributed by atoms with van der Waals surface area (Å²) in [6, 6.07) is 2.95. The van der Waals surface area contributed by atoms with Gasteiger partial charge in [-0.2, -0.15) is 0 Å². The topological polar surface area (TPSA) is 88.5 Å². The van der Waals surface area contributed by atoms with Crippen molar-refractivity contribution in [3.63, 3.8) is 0 Å². The number of amides is 2. The Bertz CT molecular complexity index is 892. The molecule has 2 amide bonds. The molecule has 3 rings (SSSR count). The van der Waals surface area contributed by atoms with Crippen molar-refractivity contribution < 1.29 is 14.3 Å². The van der Waals surface area contributed by atoms with E-state index in [0.29, 0.717) is 35.6 Å². The molecule has 0 N–H and O–H groups in total. The molecule has 3 heterocycles. The fourth-order valence-electron chi connectivity index (χ4n) is 3.46. The van der Waals surface area contributed by atoms with Gasteiger partial charge in [-0.05, 0) is 25.0 Å². The highest BCUT2D eigenvalue weighted by molar-refractivity contribution is 6.30. The number of Topliss-reactive ketones (excluding diaryl/α,β-unsaturated/α-hetero) is 1. The molecule has 0 saturated carbocycles. The van der Waals surface area contributed by atoms with Crippen molar-refractivity contribution in [2.24, 2.45) is 5.92 Å². The number of rotatable bonds is 9. The van der Waals surface area contributed by atoms with Crippen molar-refractivity contribution >= 4 is 29.4 Å². The van der Waals surface area contributed by atoms with Crippen molar-refractivity contribution in [3.05, 3.63) is 41.4 Å². The van der Waals surface area contributed by atoms with Gasteiger partial charge >= 0.3 is 6.03 Å². The van der Waals surface area contributed by atoms with Crippen LogP contribution in [0, 0.1) is 5.92 Å². The maximum atomic E-state index is 13.1. The molecule has 0 aromatic carbocycles. The van der Waals surface area contributed by atoms with Crippen LogP contribution in [-0.2, 0) is 11.2 Å². The lowest BCUT2D eigenvalue weighted by atomic mass is 9.98. The summed E-state index contributed by atoms with van der Waals surface area (Å²) < 4.78 is 5.37. The lowest BCUT2D eigenvalue weighted by Crippen LogP contribution is -2.42. The number of hydrogen-bond donors (Lipinski definition) is 0. The lowest BCUT2D eigenvalue weighted by molar-refractivity contribution is -0.119. The zero-order chi connectivity index (χ0) is 21.7. The number of carbonyl (C=O) groups excluding carboxylic acids is 2. The van der Waals surface area contributed by atoms with Crippen molar-refractivity contribution in [2.75, 3.05) is 24.6 Å². The molecule has 0 bridgehead atoms. The van der Waals surface area contributed by atoms with Gasteiger partial charge in [0.15, 0.2) is 11.5 Å². The molecule has 2 aromatic heterocycles. The predicted molar refractivity (Wildman–Crippen MR) is 114 cm³/mol. The van der Waals surface area contributed by atoms with E-state index in [-0.39, 0.29) is 36.7 Å². The zero-order valence-electron chi connectivity index (χ0n) is 17.4. The van der Waals surface area contributed by atoms with E-state index in [0.717, 1.165) is 6.42 Å². The average molecular weight is 432 g/mol. The Balaban J connectivity index is 1.75. The van der Waals surface area contributed by atoms with E-state index in [9.17, 15) is 9.59 Å². The Morgan fingerprint density at radius 1 is 1.30 bits per heavy atom. The second-order valence-electron chi connectivity index (χ2n) is 7.31. The van der Waals surface area contributed by atoms with Gasteiger partial charge in [0.05, 0.1) is 44.6 Å². The van der Waals surface area contributed by atoms with Gasteiger partial charge in [0, 0.05) is 16.9 Å². The number of anilines is 1. The second kappa shape index (κ2) is 9.84. The minimum atomic E-state index is -0.267. The normalized spacial score (nSPS) is 17.3. The number of ether oxygens (including phenoxy) is 1. The first-order valence-electron chi connectivity index (χ1n) is 10.1. The molecular weight excluding hydrogens is 406 g/mol. The van der Waals surface area contributed by atoms with Crippen LogP contribution in [0.5, 0.6) is 5.75 Å². The van der Waals surface area contributed by atoms with E-state index in [2.05, 4.69) is 28.8 Å². The highest BCUT2D eigenvalue weighted by Crippen LogP contribution is 2.27. The quantitative estimate of drug-likeness (QED) is 0.604. The fraction of sp³-hybridized carbons (Fsp3) is 0.476. The van der Waals surface area contributed by atoms with Crippen LogP contribution in [0.15, 0.2) is 30.7 Å². The van der Waals surface area contributed by atoms with Crippen LogP contribution in [0.4, 0.5) is 10.7 Å². The third-order valence-electron chi connectivity index (χ3n) is 5.22. The fourth-order valence-corrected chi connectivity index (χ4v) is 3.64. The van der Waals surface area contributed by atoms with Gasteiger partial charge in [0.25, 0.3) is 0 Å². The Hall–Kier alpha value is -2.74. The number of pyridine rings is 1. The first-order chi connectivity index (χ1) is 14.4. The average Bonchev–Trinajstić information content (AvgIpc) is 3.04. The Morgan fingerprint density at radius 2 is 2.03 bits per heavy atom. The summed E-state index contributed by atoms with van der Waals surface area (Å²) in [6.45, 7) is 6.99. The van der Waals surface area contributed by atoms with E-state index >= 15 is 0 Å². The van der Waals surface area contributed by atoms with Gasteiger partial charge in [-0.3, -0.25) is 14.7 Å². The van der Waals surface area contributed by atoms with E-state index in [1.165, 1.54) is 4.90 Å². The Morgan fingerprint density at radius 3 is 2.67 bits per heavy atom. The summed E-state index contributed by atoms with van der Waals surface area (Å²) in [7, 11) is 0. The number of hydrogen-bond acceptors (Lipinski definition) is 6. The summed E-state index contributed by atoms with van der Waals surface area (Å²) >= 11 is 5.98. The molecule has 1 saturated heterocycles. The minimum absolute atomic E-state index is 0.00949. The third kappa shape index (κ3) is 5.05. The largest absolute Gasteiger partial charge is 0.491 e. The van der Waals surface area contributed by atoms with E-state index < -0.39 is 0 Å². The molecule has 1 aliphatic rings. The molecule has 2 aromatic rings. The van der Waals surface area contributed by atoms with Crippen LogP contribution >= 0.6 is 11.6 Å². The molecule has 30 heavy (non-hydrogen) atoms. The SMILES string of the molecule is CCOc1cnc(N2C[C@H]([C@@H](C)CC)N(CC(=O)Cc3cc(Cl)ccn3)C2=O)nc1. The first kappa shape index (κ1) is 22.0. The highest BCUT2D eigenvalue weighted by atomic mass is 35.5. The van der Waals surface area contributed by atoms with Crippen LogP contribution in [-0.4, -0.2) is 57.4 Å². The molecule has 0 unspecified atom stereocenters. The summed E-state index contributed by atoms with van der Waals surface area (Å²) in [5.41, 5.74) is 0.589. The Labute approximate surface area is 181 Å².